The third-order valence-electron chi connectivity index (χ3n) is 12.3. The number of rotatable bonds is 26. The quantitative estimate of drug-likeness (QED) is 0.0248. The van der Waals surface area contributed by atoms with E-state index in [4.69, 9.17) is 9.47 Å². The number of aromatic nitrogens is 4. The van der Waals surface area contributed by atoms with Crippen LogP contribution in [0.3, 0.4) is 0 Å². The summed E-state index contributed by atoms with van der Waals surface area (Å²) in [5, 5.41) is 48.9. The van der Waals surface area contributed by atoms with Gasteiger partial charge in [0.2, 0.25) is 11.9 Å². The van der Waals surface area contributed by atoms with E-state index in [-0.39, 0.29) is 48.2 Å². The van der Waals surface area contributed by atoms with Crippen molar-refractivity contribution in [3.63, 3.8) is 0 Å². The molecule has 4 aromatic heterocycles. The number of hydrogen-bond donors (Lipinski definition) is 9. The van der Waals surface area contributed by atoms with Crippen LogP contribution in [-0.4, -0.2) is 153 Å². The van der Waals surface area contributed by atoms with Crippen LogP contribution < -0.4 is 31.9 Å². The van der Waals surface area contributed by atoms with Crippen molar-refractivity contribution >= 4 is 70.1 Å². The highest BCUT2D eigenvalue weighted by Crippen LogP contribution is 2.18. The van der Waals surface area contributed by atoms with Crippen LogP contribution in [0.4, 0.5) is 11.9 Å². The van der Waals surface area contributed by atoms with Crippen molar-refractivity contribution < 1.29 is 53.6 Å². The second-order valence-electron chi connectivity index (χ2n) is 18.3. The molecular weight excluding hydrogens is 1050 g/mol. The van der Waals surface area contributed by atoms with Gasteiger partial charge in [-0.05, 0) is 118 Å². The number of esters is 1. The minimum atomic E-state index is -1.32. The Labute approximate surface area is 465 Å². The molecule has 2 atom stereocenters. The number of anilines is 2. The molecule has 5 heterocycles. The van der Waals surface area contributed by atoms with Crippen molar-refractivity contribution in [3.05, 3.63) is 138 Å². The Hall–Kier alpha value is -8.06. The Morgan fingerprint density at radius 3 is 1.51 bits per heavy atom. The first-order chi connectivity index (χ1) is 38.0. The van der Waals surface area contributed by atoms with Crippen LogP contribution in [0.15, 0.2) is 83.6 Å². The average molecular weight is 1120 g/mol. The highest BCUT2D eigenvalue weighted by Gasteiger charge is 2.28. The Bertz CT molecular complexity index is 2950. The number of ether oxygens (including phenoxy) is 2. The number of aryl methyl sites for hydroxylation is 6. The number of hydrogen-bond acceptors (Lipinski definition) is 19. The van der Waals surface area contributed by atoms with E-state index < -0.39 is 41.7 Å². The second-order valence-corrected chi connectivity index (χ2v) is 20.2. The van der Waals surface area contributed by atoms with E-state index >= 15 is 0 Å². The van der Waals surface area contributed by atoms with E-state index in [0.29, 0.717) is 77.2 Å². The van der Waals surface area contributed by atoms with Gasteiger partial charge < -0.3 is 56.7 Å². The van der Waals surface area contributed by atoms with Crippen LogP contribution in [0.25, 0.3) is 0 Å². The van der Waals surface area contributed by atoms with Gasteiger partial charge in [-0.2, -0.15) is 0 Å². The first-order valence-corrected chi connectivity index (χ1v) is 27.5. The maximum absolute atomic E-state index is 13.4. The van der Waals surface area contributed by atoms with Crippen molar-refractivity contribution in [3.8, 4) is 11.5 Å². The number of aromatic hydroxyl groups is 2. The highest BCUT2D eigenvalue weighted by molar-refractivity contribution is 7.12. The summed E-state index contributed by atoms with van der Waals surface area (Å²) in [5.74, 6) is -2.58. The number of morpholine rings is 1. The second kappa shape index (κ2) is 30.8. The van der Waals surface area contributed by atoms with Gasteiger partial charge >= 0.3 is 11.9 Å². The number of thiophene rings is 2. The number of carbonyl (C=O) groups excluding carboxylic acids is 5. The first-order valence-electron chi connectivity index (χ1n) is 25.7. The van der Waals surface area contributed by atoms with E-state index in [0.717, 1.165) is 56.4 Å². The summed E-state index contributed by atoms with van der Waals surface area (Å²) in [7, 11) is 0. The van der Waals surface area contributed by atoms with Gasteiger partial charge in [0.05, 0.1) is 63.5 Å². The van der Waals surface area contributed by atoms with Gasteiger partial charge in [-0.1, -0.05) is 36.4 Å². The van der Waals surface area contributed by atoms with Crippen molar-refractivity contribution in [1.82, 2.24) is 46.1 Å². The number of nitrogens with one attached hydrogen (secondary N) is 6. The van der Waals surface area contributed by atoms with Gasteiger partial charge in [0, 0.05) is 45.8 Å². The summed E-state index contributed by atoms with van der Waals surface area (Å²) in [5.41, 5.74) is 4.19. The first kappa shape index (κ1) is 60.2. The lowest BCUT2D eigenvalue weighted by atomic mass is 10.1. The molecule has 0 saturated carbocycles. The van der Waals surface area contributed by atoms with Crippen molar-refractivity contribution in [2.75, 3.05) is 76.3 Å². The summed E-state index contributed by atoms with van der Waals surface area (Å²) in [4.78, 5) is 96.4. The maximum Gasteiger partial charge on any atom is 0.330 e. The fourth-order valence-electron chi connectivity index (χ4n) is 8.28. The number of carboxylic acid groups (broad SMARTS) is 1. The average Bonchev–Trinajstić information content (AvgIpc) is 4.18. The number of phenolic OH excluding ortho intramolecular Hbond substituents is 2. The largest absolute Gasteiger partial charge is 0.508 e. The van der Waals surface area contributed by atoms with E-state index in [2.05, 4.69) is 56.7 Å². The molecule has 9 N–H and O–H groups in total. The van der Waals surface area contributed by atoms with Crippen LogP contribution in [0.5, 0.6) is 11.5 Å². The lowest BCUT2D eigenvalue weighted by Crippen LogP contribution is -2.49. The fourth-order valence-corrected chi connectivity index (χ4v) is 9.56. The number of benzene rings is 2. The molecule has 2 aromatic carbocycles. The molecule has 1 fully saturated rings. The van der Waals surface area contributed by atoms with Crippen molar-refractivity contribution in [2.45, 2.75) is 71.9 Å². The van der Waals surface area contributed by atoms with Gasteiger partial charge in [0.25, 0.3) is 23.6 Å². The zero-order valence-electron chi connectivity index (χ0n) is 44.5. The normalized spacial score (nSPS) is 12.9. The standard InChI is InChI=1S/C31H40N6O6S.C24H27N5O5S/c1-21-27(22(2)35-31(34-21)32-11-4-8-23-7-3-9-24(38)19-23)29(40)36-25(20-33-28(39)26-10-5-18-44-26)30(41)43-15-6-12-37-13-16-42-17-14-37;1-14-20(22(32)29-18(23(33)34)13-26-21(31)19-9-5-11-35-19)15(2)28-24(27-14)25-10-4-7-16-6-3-8-17(30)12-16/h3,5,7,9-10,18-19,25,38H,4,6,8,11-17,20H2,1-2H3,(H,33,39)(H,36,40)(H,32,34,35);3,5-6,8-9,11-12,18,30H,4,7,10,13H2,1-2H3,(H,26,31)(H,29,32)(H,33,34)(H,25,27,28)/t25-;18-/m00/s1. The van der Waals surface area contributed by atoms with E-state index in [1.54, 1.807) is 93.1 Å². The molecule has 0 radical (unpaired) electrons. The zero-order chi connectivity index (χ0) is 56.7. The van der Waals surface area contributed by atoms with Gasteiger partial charge in [-0.3, -0.25) is 24.1 Å². The molecule has 1 aliphatic heterocycles. The molecule has 0 unspecified atom stereocenters. The van der Waals surface area contributed by atoms with Crippen LogP contribution in [-0.2, 0) is 31.9 Å². The topological polar surface area (TPSA) is 309 Å². The smallest absolute Gasteiger partial charge is 0.330 e. The molecule has 22 nitrogen and oxygen atoms in total. The van der Waals surface area contributed by atoms with E-state index in [1.807, 2.05) is 18.2 Å². The van der Waals surface area contributed by atoms with Gasteiger partial charge in [-0.25, -0.2) is 29.5 Å². The molecule has 420 valence electrons. The number of phenols is 2. The Balaban J connectivity index is 0.000000262. The fraction of sp³-hybridized carbons (Fsp3) is 0.382. The highest BCUT2D eigenvalue weighted by atomic mass is 32.1. The van der Waals surface area contributed by atoms with Gasteiger partial charge in [0.15, 0.2) is 0 Å². The predicted molar refractivity (Wildman–Crippen MR) is 299 cm³/mol. The third kappa shape index (κ3) is 19.4. The minimum Gasteiger partial charge on any atom is -0.508 e. The Morgan fingerprint density at radius 2 is 1.08 bits per heavy atom. The SMILES string of the molecule is Cc1nc(NCCCc2cccc(O)c2)nc(C)c1C(=O)N[C@@H](CNC(=O)c1cccs1)C(=O)O.Cc1nc(NCCCc2cccc(O)c2)nc(C)c1C(=O)N[C@@H](CNC(=O)c1cccs1)C(=O)OCCCN1CCOCC1. The zero-order valence-corrected chi connectivity index (χ0v) is 46.1. The molecule has 1 aliphatic rings. The molecule has 0 bridgehead atoms. The number of carbonyl (C=O) groups is 6. The summed E-state index contributed by atoms with van der Waals surface area (Å²) in [6, 6.07) is 18.6. The van der Waals surface area contributed by atoms with Gasteiger partial charge in [-0.15, -0.1) is 22.7 Å². The molecule has 7 rings (SSSR count). The molecule has 4 amide bonds. The lowest BCUT2D eigenvalue weighted by molar-refractivity contribution is -0.146. The summed E-state index contributed by atoms with van der Waals surface area (Å²) < 4.78 is 10.9. The number of nitrogens with zero attached hydrogens (tertiary/aromatic N) is 5. The maximum atomic E-state index is 13.4. The molecule has 0 aliphatic carbocycles. The number of carboxylic acids is 1. The number of aliphatic carboxylic acids is 1. The van der Waals surface area contributed by atoms with Crippen LogP contribution >= 0.6 is 22.7 Å². The summed E-state index contributed by atoms with van der Waals surface area (Å²) >= 11 is 2.52. The predicted octanol–water partition coefficient (Wildman–Crippen LogP) is 5.22. The van der Waals surface area contributed by atoms with Gasteiger partial charge in [0.1, 0.15) is 23.6 Å². The lowest BCUT2D eigenvalue weighted by Gasteiger charge is -2.26. The third-order valence-corrected chi connectivity index (χ3v) is 14.0. The number of amides is 4. The minimum absolute atomic E-state index is 0.136. The van der Waals surface area contributed by atoms with Crippen molar-refractivity contribution in [1.29, 1.82) is 0 Å². The summed E-state index contributed by atoms with van der Waals surface area (Å²) in [6.45, 7) is 11.5. The van der Waals surface area contributed by atoms with Crippen molar-refractivity contribution in [2.24, 2.45) is 0 Å². The van der Waals surface area contributed by atoms with Crippen LogP contribution in [0.2, 0.25) is 0 Å². The Morgan fingerprint density at radius 1 is 0.620 bits per heavy atom. The molecule has 79 heavy (non-hydrogen) atoms. The van der Waals surface area contributed by atoms with E-state index in [9.17, 15) is 44.1 Å². The Kier molecular flexibility index (Phi) is 23.4. The molecule has 24 heteroatoms. The summed E-state index contributed by atoms with van der Waals surface area (Å²) in [6.07, 6.45) is 3.75. The van der Waals surface area contributed by atoms with Crippen LogP contribution in [0, 0.1) is 27.7 Å². The van der Waals surface area contributed by atoms with Crippen LogP contribution in [0.1, 0.15) is 93.2 Å². The molecular formula is C55H67N11O11S2. The molecule has 1 saturated heterocycles. The monoisotopic (exact) mass is 1120 g/mol. The molecule has 0 spiro atoms. The van der Waals surface area contributed by atoms with E-state index in [1.165, 1.54) is 22.7 Å². The molecule has 6 aromatic rings.